The van der Waals surface area contributed by atoms with E-state index in [1.54, 1.807) is 6.07 Å². The quantitative estimate of drug-likeness (QED) is 0.256. The van der Waals surface area contributed by atoms with Crippen LogP contribution in [0.2, 0.25) is 0 Å². The molecule has 2 rings (SSSR count). The molecule has 26 heavy (non-hydrogen) atoms. The highest BCUT2D eigenvalue weighted by molar-refractivity contribution is 7.88. The van der Waals surface area contributed by atoms with Gasteiger partial charge in [0.2, 0.25) is 0 Å². The van der Waals surface area contributed by atoms with E-state index in [2.05, 4.69) is 8.92 Å². The van der Waals surface area contributed by atoms with Crippen molar-refractivity contribution in [3.63, 3.8) is 0 Å². The van der Waals surface area contributed by atoms with Gasteiger partial charge in [-0.1, -0.05) is 30.3 Å². The SMILES string of the molecule is CCOC(=O)C(=O)c1c(C)cc2ccccc2c1OS(=O)(=O)C(F)(F)F. The lowest BCUT2D eigenvalue weighted by molar-refractivity contribution is -0.137. The number of ketones is 1. The van der Waals surface area contributed by atoms with Crippen molar-refractivity contribution in [2.75, 3.05) is 6.61 Å². The fourth-order valence-corrected chi connectivity index (χ4v) is 2.76. The number of carbonyl (C=O) groups is 2. The minimum absolute atomic E-state index is 0.0640. The summed E-state index contributed by atoms with van der Waals surface area (Å²) in [7, 11) is -6.06. The van der Waals surface area contributed by atoms with Gasteiger partial charge in [-0.3, -0.25) is 4.79 Å². The molecule has 0 atom stereocenters. The van der Waals surface area contributed by atoms with E-state index in [-0.39, 0.29) is 17.6 Å². The van der Waals surface area contributed by atoms with Crippen molar-refractivity contribution >= 4 is 32.6 Å². The molecule has 0 N–H and O–H groups in total. The van der Waals surface area contributed by atoms with Gasteiger partial charge in [-0.15, -0.1) is 0 Å². The zero-order chi connectivity index (χ0) is 19.7. The van der Waals surface area contributed by atoms with Crippen LogP contribution in [0.25, 0.3) is 10.8 Å². The molecule has 2 aromatic carbocycles. The van der Waals surface area contributed by atoms with E-state index < -0.39 is 38.7 Å². The summed E-state index contributed by atoms with van der Waals surface area (Å²) < 4.78 is 70.0. The van der Waals surface area contributed by atoms with Crippen LogP contribution in [0, 0.1) is 6.92 Å². The van der Waals surface area contributed by atoms with Crippen LogP contribution in [0.15, 0.2) is 30.3 Å². The first kappa shape index (κ1) is 19.7. The van der Waals surface area contributed by atoms with E-state index >= 15 is 0 Å². The van der Waals surface area contributed by atoms with Crippen molar-refractivity contribution in [2.24, 2.45) is 0 Å². The van der Waals surface area contributed by atoms with E-state index in [9.17, 15) is 31.2 Å². The highest BCUT2D eigenvalue weighted by Crippen LogP contribution is 2.37. The van der Waals surface area contributed by atoms with E-state index in [4.69, 9.17) is 0 Å². The highest BCUT2D eigenvalue weighted by Gasteiger charge is 2.49. The summed E-state index contributed by atoms with van der Waals surface area (Å²) in [5.74, 6) is -3.50. The minimum atomic E-state index is -6.06. The van der Waals surface area contributed by atoms with E-state index in [0.29, 0.717) is 5.39 Å². The topological polar surface area (TPSA) is 86.7 Å². The van der Waals surface area contributed by atoms with Crippen LogP contribution in [0.5, 0.6) is 5.75 Å². The second-order valence-corrected chi connectivity index (χ2v) is 6.69. The van der Waals surface area contributed by atoms with Crippen molar-refractivity contribution in [3.8, 4) is 5.75 Å². The van der Waals surface area contributed by atoms with Crippen LogP contribution in [-0.4, -0.2) is 32.3 Å². The Morgan fingerprint density at radius 2 is 1.77 bits per heavy atom. The molecule has 0 fully saturated rings. The first-order valence-corrected chi connectivity index (χ1v) is 8.65. The maximum absolute atomic E-state index is 12.7. The Kier molecular flexibility index (Phi) is 5.26. The molecule has 0 bridgehead atoms. The number of alkyl halides is 3. The number of Topliss-reactive ketones (excluding diaryl/α,β-unsaturated/α-hetero) is 1. The molecule has 0 heterocycles. The summed E-state index contributed by atoms with van der Waals surface area (Å²) in [6.07, 6.45) is 0. The normalized spacial score (nSPS) is 12.0. The van der Waals surface area contributed by atoms with Crippen molar-refractivity contribution in [1.29, 1.82) is 0 Å². The summed E-state index contributed by atoms with van der Waals surface area (Å²) in [4.78, 5) is 24.1. The Labute approximate surface area is 146 Å². The lowest BCUT2D eigenvalue weighted by Crippen LogP contribution is -2.29. The van der Waals surface area contributed by atoms with Crippen molar-refractivity contribution < 1.29 is 40.1 Å². The molecule has 0 spiro atoms. The van der Waals surface area contributed by atoms with Gasteiger partial charge in [0.15, 0.2) is 5.75 Å². The van der Waals surface area contributed by atoms with E-state index in [1.165, 1.54) is 38.1 Å². The molecule has 0 saturated carbocycles. The number of fused-ring (bicyclic) bond motifs is 1. The third kappa shape index (κ3) is 3.64. The molecule has 6 nitrogen and oxygen atoms in total. The number of aryl methyl sites for hydroxylation is 1. The molecule has 0 saturated heterocycles. The Morgan fingerprint density at radius 3 is 2.35 bits per heavy atom. The van der Waals surface area contributed by atoms with Crippen LogP contribution >= 0.6 is 0 Å². The maximum Gasteiger partial charge on any atom is 0.534 e. The van der Waals surface area contributed by atoms with Gasteiger partial charge in [0.25, 0.3) is 5.78 Å². The summed E-state index contributed by atoms with van der Waals surface area (Å²) in [5.41, 5.74) is -6.24. The van der Waals surface area contributed by atoms with Crippen molar-refractivity contribution in [1.82, 2.24) is 0 Å². The molecule has 2 aromatic rings. The van der Waals surface area contributed by atoms with Gasteiger partial charge in [0.05, 0.1) is 12.2 Å². The number of esters is 1. The van der Waals surface area contributed by atoms with Crippen molar-refractivity contribution in [2.45, 2.75) is 19.4 Å². The van der Waals surface area contributed by atoms with Crippen LogP contribution in [-0.2, 0) is 19.6 Å². The second kappa shape index (κ2) is 6.94. The molecule has 0 aliphatic heterocycles. The molecule has 10 heteroatoms. The van der Waals surface area contributed by atoms with Gasteiger partial charge >= 0.3 is 21.6 Å². The Morgan fingerprint density at radius 1 is 1.15 bits per heavy atom. The smallest absolute Gasteiger partial charge is 0.460 e. The largest absolute Gasteiger partial charge is 0.534 e. The average molecular weight is 390 g/mol. The summed E-state index contributed by atoms with van der Waals surface area (Å²) in [5, 5.41) is 0.261. The molecule has 0 unspecified atom stereocenters. The predicted octanol–water partition coefficient (Wildman–Crippen LogP) is 3.12. The highest BCUT2D eigenvalue weighted by atomic mass is 32.2. The number of ether oxygens (including phenoxy) is 1. The first-order chi connectivity index (χ1) is 12.0. The molecule has 0 radical (unpaired) electrons. The summed E-state index contributed by atoms with van der Waals surface area (Å²) in [6, 6.07) is 7.18. The standard InChI is InChI=1S/C16H13F3O6S/c1-3-24-15(21)13(20)12-9(2)8-10-6-4-5-7-11(10)14(12)25-26(22,23)16(17,18)19/h4-8H,3H2,1-2H3. The summed E-state index contributed by atoms with van der Waals surface area (Å²) in [6.45, 7) is 2.63. The minimum Gasteiger partial charge on any atom is -0.460 e. The Hall–Kier alpha value is -2.62. The van der Waals surface area contributed by atoms with Gasteiger partial charge in [-0.2, -0.15) is 21.6 Å². The fraction of sp³-hybridized carbons (Fsp3) is 0.250. The first-order valence-electron chi connectivity index (χ1n) is 7.24. The fourth-order valence-electron chi connectivity index (χ4n) is 2.27. The molecule has 0 aromatic heterocycles. The maximum atomic E-state index is 12.7. The number of hydrogen-bond acceptors (Lipinski definition) is 6. The zero-order valence-electron chi connectivity index (χ0n) is 13.6. The second-order valence-electron chi connectivity index (χ2n) is 5.15. The zero-order valence-corrected chi connectivity index (χ0v) is 14.4. The third-order valence-electron chi connectivity index (χ3n) is 3.36. The lowest BCUT2D eigenvalue weighted by atomic mass is 9.97. The molecule has 0 aliphatic rings. The third-order valence-corrected chi connectivity index (χ3v) is 4.32. The van der Waals surface area contributed by atoms with Crippen LogP contribution in [0.1, 0.15) is 22.8 Å². The Bertz CT molecular complexity index is 979. The van der Waals surface area contributed by atoms with Crippen molar-refractivity contribution in [3.05, 3.63) is 41.5 Å². The van der Waals surface area contributed by atoms with Crippen LogP contribution in [0.4, 0.5) is 13.2 Å². The van der Waals surface area contributed by atoms with Gasteiger partial charge < -0.3 is 8.92 Å². The van der Waals surface area contributed by atoms with Gasteiger partial charge in [-0.25, -0.2) is 4.79 Å². The van der Waals surface area contributed by atoms with Gasteiger partial charge in [0, 0.05) is 5.39 Å². The summed E-state index contributed by atoms with van der Waals surface area (Å²) >= 11 is 0. The number of rotatable bonds is 5. The van der Waals surface area contributed by atoms with Gasteiger partial charge in [0.1, 0.15) is 0 Å². The Balaban J connectivity index is 2.78. The number of carbonyl (C=O) groups excluding carboxylic acids is 2. The molecule has 0 amide bonds. The molecule has 140 valence electrons. The average Bonchev–Trinajstić information content (AvgIpc) is 2.53. The molecular formula is C16H13F3O6S. The monoisotopic (exact) mass is 390 g/mol. The molecular weight excluding hydrogens is 377 g/mol. The molecule has 0 aliphatic carbocycles. The van der Waals surface area contributed by atoms with Crippen LogP contribution < -0.4 is 4.18 Å². The van der Waals surface area contributed by atoms with Crippen LogP contribution in [0.3, 0.4) is 0 Å². The number of hydrogen-bond donors (Lipinski definition) is 0. The number of benzene rings is 2. The predicted molar refractivity (Wildman–Crippen MR) is 85.3 cm³/mol. The van der Waals surface area contributed by atoms with Gasteiger partial charge in [-0.05, 0) is 24.8 Å². The number of halogens is 3. The van der Waals surface area contributed by atoms with E-state index in [0.717, 1.165) is 0 Å². The van der Waals surface area contributed by atoms with E-state index in [1.807, 2.05) is 0 Å². The lowest BCUT2D eigenvalue weighted by Gasteiger charge is -2.16.